The molecule has 1 unspecified atom stereocenters. The van der Waals surface area contributed by atoms with Gasteiger partial charge in [-0.25, -0.2) is 12.7 Å². The molecule has 0 aliphatic heterocycles. The van der Waals surface area contributed by atoms with E-state index in [0.29, 0.717) is 4.90 Å². The predicted octanol–water partition coefficient (Wildman–Crippen LogP) is 2.00. The Hall–Kier alpha value is -0.910. The van der Waals surface area contributed by atoms with Crippen LogP contribution in [0.15, 0.2) is 29.2 Å². The molecule has 106 valence electrons. The monoisotopic (exact) mass is 282 g/mol. The highest BCUT2D eigenvalue weighted by atomic mass is 32.2. The minimum Gasteiger partial charge on any atom is -0.310 e. The fraction of sp³-hybridized carbons (Fsp3) is 0.571. The molecule has 0 spiro atoms. The lowest BCUT2D eigenvalue weighted by Gasteiger charge is -2.15. The van der Waals surface area contributed by atoms with E-state index in [9.17, 15) is 8.42 Å². The van der Waals surface area contributed by atoms with Gasteiger partial charge in [0.05, 0.1) is 4.90 Å². The zero-order chi connectivity index (χ0) is 14.0. The number of nitrogens with zero attached hydrogens (tertiary/aromatic N) is 1. The van der Waals surface area contributed by atoms with Crippen molar-refractivity contribution >= 4 is 10.0 Å². The predicted molar refractivity (Wildman–Crippen MR) is 76.5 cm³/mol. The average Bonchev–Trinajstić information content (AvgIpc) is 3.20. The Balaban J connectivity index is 2.04. The summed E-state index contributed by atoms with van der Waals surface area (Å²) in [6.07, 6.45) is 2.67. The first-order valence-electron chi connectivity index (χ1n) is 6.67. The maximum absolute atomic E-state index is 11.9. The van der Waals surface area contributed by atoms with Gasteiger partial charge in [-0.15, -0.1) is 0 Å². The van der Waals surface area contributed by atoms with Crippen LogP contribution in [0.3, 0.4) is 0 Å². The number of hydrogen-bond acceptors (Lipinski definition) is 3. The second kappa shape index (κ2) is 5.61. The van der Waals surface area contributed by atoms with Crippen LogP contribution in [-0.2, 0) is 10.0 Å². The van der Waals surface area contributed by atoms with Crippen molar-refractivity contribution in [3.8, 4) is 0 Å². The highest BCUT2D eigenvalue weighted by molar-refractivity contribution is 7.89. The maximum Gasteiger partial charge on any atom is 0.242 e. The van der Waals surface area contributed by atoms with Crippen LogP contribution >= 0.6 is 0 Å². The van der Waals surface area contributed by atoms with Gasteiger partial charge in [-0.05, 0) is 49.9 Å². The van der Waals surface area contributed by atoms with E-state index < -0.39 is 10.0 Å². The van der Waals surface area contributed by atoms with Gasteiger partial charge < -0.3 is 5.32 Å². The van der Waals surface area contributed by atoms with Crippen molar-refractivity contribution < 1.29 is 8.42 Å². The molecule has 4 nitrogen and oxygen atoms in total. The Labute approximate surface area is 115 Å². The largest absolute Gasteiger partial charge is 0.310 e. The molecule has 0 aromatic heterocycles. The van der Waals surface area contributed by atoms with Crippen molar-refractivity contribution in [2.24, 2.45) is 5.92 Å². The summed E-state index contributed by atoms with van der Waals surface area (Å²) >= 11 is 0. The Kier molecular flexibility index (Phi) is 4.28. The zero-order valence-corrected chi connectivity index (χ0v) is 12.6. The fourth-order valence-electron chi connectivity index (χ4n) is 1.92. The molecule has 0 bridgehead atoms. The molecule has 2 rings (SSSR count). The highest BCUT2D eigenvalue weighted by Gasteiger charge is 2.22. The number of nitrogens with one attached hydrogen (secondary N) is 1. The Morgan fingerprint density at radius 2 is 1.84 bits per heavy atom. The minimum atomic E-state index is -3.32. The summed E-state index contributed by atoms with van der Waals surface area (Å²) in [6, 6.07) is 7.40. The summed E-state index contributed by atoms with van der Waals surface area (Å²) in [5, 5.41) is 3.48. The molecule has 5 heteroatoms. The first-order valence-corrected chi connectivity index (χ1v) is 8.11. The second-order valence-electron chi connectivity index (χ2n) is 5.43. The van der Waals surface area contributed by atoms with Crippen molar-refractivity contribution in [3.05, 3.63) is 29.8 Å². The fourth-order valence-corrected chi connectivity index (χ4v) is 2.82. The second-order valence-corrected chi connectivity index (χ2v) is 7.58. The molecule has 1 aromatic carbocycles. The smallest absolute Gasteiger partial charge is 0.242 e. The molecular formula is C14H22N2O2S. The standard InChI is InChI=1S/C14H22N2O2S/c1-11(15-10-12-4-5-12)13-6-8-14(9-7-13)19(17,18)16(2)3/h6-9,11-12,15H,4-5,10H2,1-3H3. The minimum absolute atomic E-state index is 0.261. The van der Waals surface area contributed by atoms with E-state index in [1.54, 1.807) is 26.2 Å². The molecule has 19 heavy (non-hydrogen) atoms. The third kappa shape index (κ3) is 3.55. The summed E-state index contributed by atoms with van der Waals surface area (Å²) in [5.41, 5.74) is 1.12. The summed E-state index contributed by atoms with van der Waals surface area (Å²) in [4.78, 5) is 0.343. The SMILES string of the molecule is CC(NCC1CC1)c1ccc(S(=O)(=O)N(C)C)cc1. The molecule has 0 heterocycles. The van der Waals surface area contributed by atoms with Crippen molar-refractivity contribution in [2.45, 2.75) is 30.7 Å². The molecule has 1 aliphatic carbocycles. The lowest BCUT2D eigenvalue weighted by molar-refractivity contribution is 0.520. The van der Waals surface area contributed by atoms with Crippen LogP contribution in [0, 0.1) is 5.92 Å². The van der Waals surface area contributed by atoms with Gasteiger partial charge in [-0.3, -0.25) is 0 Å². The van der Waals surface area contributed by atoms with E-state index >= 15 is 0 Å². The third-order valence-corrected chi connectivity index (χ3v) is 5.40. The van der Waals surface area contributed by atoms with Crippen LogP contribution in [0.25, 0.3) is 0 Å². The van der Waals surface area contributed by atoms with Crippen LogP contribution < -0.4 is 5.32 Å². The summed E-state index contributed by atoms with van der Waals surface area (Å²) in [7, 11) is -0.233. The molecular weight excluding hydrogens is 260 g/mol. The van der Waals surface area contributed by atoms with Gasteiger partial charge in [0.1, 0.15) is 0 Å². The van der Waals surface area contributed by atoms with Crippen LogP contribution in [0.4, 0.5) is 0 Å². The molecule has 0 radical (unpaired) electrons. The van der Waals surface area contributed by atoms with Crippen molar-refractivity contribution in [1.29, 1.82) is 0 Å². The van der Waals surface area contributed by atoms with E-state index in [-0.39, 0.29) is 6.04 Å². The number of hydrogen-bond donors (Lipinski definition) is 1. The van der Waals surface area contributed by atoms with E-state index in [2.05, 4.69) is 12.2 Å². The highest BCUT2D eigenvalue weighted by Crippen LogP contribution is 2.28. The van der Waals surface area contributed by atoms with Gasteiger partial charge >= 0.3 is 0 Å². The van der Waals surface area contributed by atoms with Crippen LogP contribution in [0.1, 0.15) is 31.4 Å². The van der Waals surface area contributed by atoms with Gasteiger partial charge in [0, 0.05) is 20.1 Å². The molecule has 1 aromatic rings. The third-order valence-electron chi connectivity index (χ3n) is 3.57. The van der Waals surface area contributed by atoms with E-state index in [1.165, 1.54) is 17.1 Å². The Morgan fingerprint density at radius 3 is 2.32 bits per heavy atom. The molecule has 1 N–H and O–H groups in total. The van der Waals surface area contributed by atoms with Crippen LogP contribution in [0.2, 0.25) is 0 Å². The van der Waals surface area contributed by atoms with Crippen LogP contribution in [0.5, 0.6) is 0 Å². The lowest BCUT2D eigenvalue weighted by atomic mass is 10.1. The lowest BCUT2D eigenvalue weighted by Crippen LogP contribution is -2.23. The summed E-state index contributed by atoms with van der Waals surface area (Å²) in [5.74, 6) is 0.843. The molecule has 0 amide bonds. The van der Waals surface area contributed by atoms with Gasteiger partial charge in [-0.1, -0.05) is 12.1 Å². The zero-order valence-electron chi connectivity index (χ0n) is 11.8. The summed E-state index contributed by atoms with van der Waals surface area (Å²) in [6.45, 7) is 3.16. The average molecular weight is 282 g/mol. The number of sulfonamides is 1. The maximum atomic E-state index is 11.9. The molecule has 1 aliphatic rings. The quantitative estimate of drug-likeness (QED) is 0.868. The normalized spacial score (nSPS) is 17.7. The number of rotatable bonds is 6. The van der Waals surface area contributed by atoms with Gasteiger partial charge in [0.25, 0.3) is 0 Å². The van der Waals surface area contributed by atoms with Gasteiger partial charge in [0.2, 0.25) is 10.0 Å². The first kappa shape index (κ1) is 14.5. The van der Waals surface area contributed by atoms with E-state index in [1.807, 2.05) is 12.1 Å². The van der Waals surface area contributed by atoms with Crippen molar-refractivity contribution in [3.63, 3.8) is 0 Å². The van der Waals surface area contributed by atoms with Crippen LogP contribution in [-0.4, -0.2) is 33.4 Å². The topological polar surface area (TPSA) is 49.4 Å². The Bertz CT molecular complexity index is 519. The summed E-state index contributed by atoms with van der Waals surface area (Å²) < 4.78 is 25.1. The first-order chi connectivity index (χ1) is 8.91. The van der Waals surface area contributed by atoms with Gasteiger partial charge in [-0.2, -0.15) is 0 Å². The molecule has 1 atom stereocenters. The van der Waals surface area contributed by atoms with Gasteiger partial charge in [0.15, 0.2) is 0 Å². The van der Waals surface area contributed by atoms with Crippen molar-refractivity contribution in [2.75, 3.05) is 20.6 Å². The number of benzene rings is 1. The molecule has 1 saturated carbocycles. The van der Waals surface area contributed by atoms with E-state index in [0.717, 1.165) is 18.0 Å². The van der Waals surface area contributed by atoms with E-state index in [4.69, 9.17) is 0 Å². The Morgan fingerprint density at radius 1 is 1.26 bits per heavy atom. The molecule has 0 saturated heterocycles. The van der Waals surface area contributed by atoms with Crippen molar-refractivity contribution in [1.82, 2.24) is 9.62 Å². The molecule has 1 fully saturated rings.